The van der Waals surface area contributed by atoms with E-state index in [1.165, 1.54) is 0 Å². The van der Waals surface area contributed by atoms with Crippen molar-refractivity contribution in [1.82, 2.24) is 9.55 Å². The van der Waals surface area contributed by atoms with Gasteiger partial charge >= 0.3 is 5.97 Å². The molecule has 0 fully saturated rings. The van der Waals surface area contributed by atoms with E-state index in [0.717, 1.165) is 41.2 Å². The minimum atomic E-state index is -0.749. The van der Waals surface area contributed by atoms with Crippen LogP contribution < -0.4 is 4.74 Å². The molecule has 0 spiro atoms. The summed E-state index contributed by atoms with van der Waals surface area (Å²) in [4.78, 5) is 15.4. The van der Waals surface area contributed by atoms with E-state index < -0.39 is 5.97 Å². The maximum absolute atomic E-state index is 10.8. The molecule has 0 saturated carbocycles. The van der Waals surface area contributed by atoms with Crippen molar-refractivity contribution in [2.75, 3.05) is 6.61 Å². The zero-order chi connectivity index (χ0) is 21.5. The monoisotopic (exact) mass is 426 g/mol. The first-order valence-electron chi connectivity index (χ1n) is 10.1. The third kappa shape index (κ3) is 5.86. The number of rotatable bonds is 10. The Morgan fingerprint density at radius 1 is 1.20 bits per heavy atom. The number of carboxylic acid groups (broad SMARTS) is 1. The molecule has 5 nitrogen and oxygen atoms in total. The van der Waals surface area contributed by atoms with Crippen molar-refractivity contribution >= 4 is 17.6 Å². The van der Waals surface area contributed by atoms with Crippen molar-refractivity contribution in [3.05, 3.63) is 71.0 Å². The second-order valence-corrected chi connectivity index (χ2v) is 8.05. The van der Waals surface area contributed by atoms with Crippen molar-refractivity contribution in [3.63, 3.8) is 0 Å². The van der Waals surface area contributed by atoms with E-state index in [9.17, 15) is 4.79 Å². The number of hydrogen-bond acceptors (Lipinski definition) is 3. The molecule has 1 aromatic heterocycles. The first-order valence-corrected chi connectivity index (χ1v) is 10.5. The number of aromatic nitrogens is 2. The molecule has 0 saturated heterocycles. The van der Waals surface area contributed by atoms with Gasteiger partial charge in [0.1, 0.15) is 11.6 Å². The van der Waals surface area contributed by atoms with Crippen LogP contribution in [0.3, 0.4) is 0 Å². The minimum Gasteiger partial charge on any atom is -0.493 e. The van der Waals surface area contributed by atoms with Gasteiger partial charge in [0, 0.05) is 34.5 Å². The standard InChI is InChI=1S/C24H27ClN2O3/c1-17(14-23(28)29)6-5-13-30-22-8-4-3-7-20(22)16-27-18(2)15-26-24(27)19-9-11-21(25)12-10-19/h3-4,7-12,15,17H,5-6,13-14,16H2,1-2H3,(H,28,29). The van der Waals surface area contributed by atoms with Gasteiger partial charge in [0.15, 0.2) is 0 Å². The number of hydrogen-bond donors (Lipinski definition) is 1. The van der Waals surface area contributed by atoms with Crippen LogP contribution in [-0.2, 0) is 11.3 Å². The van der Waals surface area contributed by atoms with Gasteiger partial charge in [0.2, 0.25) is 0 Å². The third-order valence-electron chi connectivity index (χ3n) is 5.08. The molecule has 0 aliphatic carbocycles. The molecular formula is C24H27ClN2O3. The van der Waals surface area contributed by atoms with E-state index in [1.54, 1.807) is 0 Å². The van der Waals surface area contributed by atoms with Gasteiger partial charge in [0.25, 0.3) is 0 Å². The molecule has 158 valence electrons. The molecule has 0 aliphatic rings. The lowest BCUT2D eigenvalue weighted by Gasteiger charge is -2.15. The summed E-state index contributed by atoms with van der Waals surface area (Å²) in [6.07, 6.45) is 3.72. The quantitative estimate of drug-likeness (QED) is 0.414. The molecule has 0 amide bonds. The maximum Gasteiger partial charge on any atom is 0.303 e. The summed E-state index contributed by atoms with van der Waals surface area (Å²) < 4.78 is 8.21. The number of carbonyl (C=O) groups is 1. The van der Waals surface area contributed by atoms with Gasteiger partial charge in [0.05, 0.1) is 13.2 Å². The third-order valence-corrected chi connectivity index (χ3v) is 5.33. The predicted molar refractivity (Wildman–Crippen MR) is 119 cm³/mol. The van der Waals surface area contributed by atoms with Gasteiger partial charge in [-0.3, -0.25) is 4.79 Å². The Morgan fingerprint density at radius 2 is 1.93 bits per heavy atom. The van der Waals surface area contributed by atoms with E-state index in [4.69, 9.17) is 21.4 Å². The lowest BCUT2D eigenvalue weighted by atomic mass is 10.0. The maximum atomic E-state index is 10.8. The molecule has 3 aromatic rings. The highest BCUT2D eigenvalue weighted by Crippen LogP contribution is 2.26. The summed E-state index contributed by atoms with van der Waals surface area (Å²) in [5, 5.41) is 9.57. The Balaban J connectivity index is 1.69. The lowest BCUT2D eigenvalue weighted by Crippen LogP contribution is -2.09. The topological polar surface area (TPSA) is 64.4 Å². The van der Waals surface area contributed by atoms with Crippen LogP contribution in [0.5, 0.6) is 5.75 Å². The Labute approximate surface area is 182 Å². The van der Waals surface area contributed by atoms with Crippen LogP contribution in [0, 0.1) is 12.8 Å². The molecule has 30 heavy (non-hydrogen) atoms. The zero-order valence-corrected chi connectivity index (χ0v) is 18.1. The van der Waals surface area contributed by atoms with E-state index in [2.05, 4.69) is 15.6 Å². The van der Waals surface area contributed by atoms with Gasteiger partial charge in [-0.05, 0) is 56.0 Å². The van der Waals surface area contributed by atoms with Crippen LogP contribution in [0.25, 0.3) is 11.4 Å². The zero-order valence-electron chi connectivity index (χ0n) is 17.3. The first kappa shape index (κ1) is 21.9. The second kappa shape index (κ2) is 10.3. The van der Waals surface area contributed by atoms with E-state index >= 15 is 0 Å². The summed E-state index contributed by atoms with van der Waals surface area (Å²) >= 11 is 6.03. The number of halogens is 1. The highest BCUT2D eigenvalue weighted by molar-refractivity contribution is 6.30. The Bertz CT molecular complexity index is 982. The van der Waals surface area contributed by atoms with Crippen molar-refractivity contribution in [1.29, 1.82) is 0 Å². The Hall–Kier alpha value is -2.79. The van der Waals surface area contributed by atoms with Crippen molar-refractivity contribution < 1.29 is 14.6 Å². The first-order chi connectivity index (χ1) is 14.4. The predicted octanol–water partition coefficient (Wildman–Crippen LogP) is 5.83. The molecule has 2 aromatic carbocycles. The smallest absolute Gasteiger partial charge is 0.303 e. The highest BCUT2D eigenvalue weighted by atomic mass is 35.5. The molecule has 1 heterocycles. The number of benzene rings is 2. The number of nitrogens with zero attached hydrogens (tertiary/aromatic N) is 2. The summed E-state index contributed by atoms with van der Waals surface area (Å²) in [6, 6.07) is 15.7. The van der Waals surface area contributed by atoms with Crippen LogP contribution in [0.15, 0.2) is 54.7 Å². The average molecular weight is 427 g/mol. The summed E-state index contributed by atoms with van der Waals surface area (Å²) in [7, 11) is 0. The number of imidazole rings is 1. The van der Waals surface area contributed by atoms with E-state index in [0.29, 0.717) is 18.2 Å². The number of ether oxygens (including phenoxy) is 1. The van der Waals surface area contributed by atoms with Crippen LogP contribution in [-0.4, -0.2) is 27.2 Å². The van der Waals surface area contributed by atoms with Gasteiger partial charge < -0.3 is 14.4 Å². The van der Waals surface area contributed by atoms with Crippen LogP contribution in [0.4, 0.5) is 0 Å². The molecule has 0 radical (unpaired) electrons. The molecule has 1 unspecified atom stereocenters. The number of para-hydroxylation sites is 1. The molecule has 1 N–H and O–H groups in total. The van der Waals surface area contributed by atoms with Crippen LogP contribution in [0.2, 0.25) is 5.02 Å². The summed E-state index contributed by atoms with van der Waals surface area (Å²) in [5.41, 5.74) is 3.16. The van der Waals surface area contributed by atoms with Gasteiger partial charge in [-0.2, -0.15) is 0 Å². The fraction of sp³-hybridized carbons (Fsp3) is 0.333. The van der Waals surface area contributed by atoms with Crippen LogP contribution >= 0.6 is 11.6 Å². The van der Waals surface area contributed by atoms with E-state index in [-0.39, 0.29) is 12.3 Å². The lowest BCUT2D eigenvalue weighted by molar-refractivity contribution is -0.138. The van der Waals surface area contributed by atoms with Crippen molar-refractivity contribution in [2.24, 2.45) is 5.92 Å². The van der Waals surface area contributed by atoms with Gasteiger partial charge in [-0.15, -0.1) is 0 Å². The Kier molecular flexibility index (Phi) is 7.52. The fourth-order valence-corrected chi connectivity index (χ4v) is 3.58. The molecule has 6 heteroatoms. The normalized spacial score (nSPS) is 12.0. The molecule has 0 aliphatic heterocycles. The van der Waals surface area contributed by atoms with Crippen LogP contribution in [0.1, 0.15) is 37.4 Å². The van der Waals surface area contributed by atoms with Crippen molar-refractivity contribution in [3.8, 4) is 17.1 Å². The Morgan fingerprint density at radius 3 is 2.67 bits per heavy atom. The van der Waals surface area contributed by atoms with E-state index in [1.807, 2.05) is 62.5 Å². The fourth-order valence-electron chi connectivity index (χ4n) is 3.45. The summed E-state index contributed by atoms with van der Waals surface area (Å²) in [5.74, 6) is 1.14. The SMILES string of the molecule is Cc1cnc(-c2ccc(Cl)cc2)n1Cc1ccccc1OCCCC(C)CC(=O)O. The molecular weight excluding hydrogens is 400 g/mol. The van der Waals surface area contributed by atoms with Crippen molar-refractivity contribution in [2.45, 2.75) is 39.7 Å². The number of carboxylic acids is 1. The average Bonchev–Trinajstić information content (AvgIpc) is 3.07. The largest absolute Gasteiger partial charge is 0.493 e. The highest BCUT2D eigenvalue weighted by Gasteiger charge is 2.13. The number of aryl methyl sites for hydroxylation is 1. The number of aliphatic carboxylic acids is 1. The molecule has 1 atom stereocenters. The summed E-state index contributed by atoms with van der Waals surface area (Å²) in [6.45, 7) is 5.21. The van der Waals surface area contributed by atoms with Gasteiger partial charge in [-0.1, -0.05) is 36.7 Å². The minimum absolute atomic E-state index is 0.150. The molecule has 0 bridgehead atoms. The van der Waals surface area contributed by atoms with Gasteiger partial charge in [-0.25, -0.2) is 4.98 Å². The second-order valence-electron chi connectivity index (χ2n) is 7.62. The molecule has 3 rings (SSSR count).